The van der Waals surface area contributed by atoms with E-state index in [-0.39, 0.29) is 25.0 Å². The molecule has 0 aliphatic heterocycles. The van der Waals surface area contributed by atoms with Crippen LogP contribution >= 0.6 is 11.8 Å². The van der Waals surface area contributed by atoms with E-state index in [9.17, 15) is 9.59 Å². The molecule has 0 aliphatic rings. The quantitative estimate of drug-likeness (QED) is 0.428. The van der Waals surface area contributed by atoms with Crippen LogP contribution in [0.15, 0.2) is 70.3 Å². The number of ether oxygens (including phenoxy) is 1. The molecule has 0 aliphatic carbocycles. The highest BCUT2D eigenvalue weighted by Crippen LogP contribution is 2.18. The molecular weight excluding hydrogens is 440 g/mol. The summed E-state index contributed by atoms with van der Waals surface area (Å²) in [6.45, 7) is 1.24. The number of carbonyl (C=O) groups excluding carboxylic acids is 2. The van der Waals surface area contributed by atoms with Crippen LogP contribution in [-0.2, 0) is 29.7 Å². The van der Waals surface area contributed by atoms with Crippen molar-refractivity contribution in [3.05, 3.63) is 72.4 Å². The molecule has 8 nitrogen and oxygen atoms in total. The number of hydrogen-bond donors (Lipinski definition) is 1. The van der Waals surface area contributed by atoms with E-state index >= 15 is 0 Å². The fourth-order valence-corrected chi connectivity index (χ4v) is 3.68. The van der Waals surface area contributed by atoms with E-state index < -0.39 is 0 Å². The zero-order valence-corrected chi connectivity index (χ0v) is 20.0. The molecule has 0 fully saturated rings. The smallest absolute Gasteiger partial charge is 0.322 e. The lowest BCUT2D eigenvalue weighted by Crippen LogP contribution is -2.45. The van der Waals surface area contributed by atoms with Crippen LogP contribution in [0.2, 0.25) is 0 Å². The van der Waals surface area contributed by atoms with Crippen LogP contribution < -0.4 is 5.32 Å². The second-order valence-electron chi connectivity index (χ2n) is 7.51. The number of carbonyl (C=O) groups is 2. The Kier molecular flexibility index (Phi) is 9.03. The third-order valence-electron chi connectivity index (χ3n) is 5.20. The number of furan rings is 1. The summed E-state index contributed by atoms with van der Waals surface area (Å²) in [6, 6.07) is 14.7. The van der Waals surface area contributed by atoms with Crippen molar-refractivity contribution in [2.24, 2.45) is 7.05 Å². The Morgan fingerprint density at radius 1 is 1.09 bits per heavy atom. The number of methoxy groups -OCH3 is 1. The van der Waals surface area contributed by atoms with Crippen LogP contribution in [0.1, 0.15) is 11.5 Å². The first kappa shape index (κ1) is 24.5. The summed E-state index contributed by atoms with van der Waals surface area (Å²) in [5.74, 6) is 0.496. The summed E-state index contributed by atoms with van der Waals surface area (Å²) < 4.78 is 12.6. The van der Waals surface area contributed by atoms with Gasteiger partial charge in [0.1, 0.15) is 12.3 Å². The predicted molar refractivity (Wildman–Crippen MR) is 129 cm³/mol. The Hall–Kier alpha value is -3.17. The first-order chi connectivity index (χ1) is 16.0. The molecule has 3 aromatic rings. The molecule has 0 bridgehead atoms. The minimum atomic E-state index is -0.353. The molecule has 0 atom stereocenters. The average molecular weight is 471 g/mol. The third-order valence-corrected chi connectivity index (χ3v) is 5.95. The summed E-state index contributed by atoms with van der Waals surface area (Å²) in [6.07, 6.45) is 5.52. The van der Waals surface area contributed by atoms with Gasteiger partial charge in [0.25, 0.3) is 0 Å². The number of benzene rings is 1. The number of hydrogen-bond acceptors (Lipinski definition) is 5. The summed E-state index contributed by atoms with van der Waals surface area (Å²) in [7, 11) is 3.50. The molecule has 0 saturated carbocycles. The number of nitrogens with zero attached hydrogens (tertiary/aromatic N) is 3. The fourth-order valence-electron chi connectivity index (χ4n) is 3.27. The van der Waals surface area contributed by atoms with Crippen LogP contribution in [0.5, 0.6) is 0 Å². The minimum absolute atomic E-state index is 0.0801. The van der Waals surface area contributed by atoms with E-state index in [1.165, 1.54) is 4.90 Å². The van der Waals surface area contributed by atoms with E-state index in [0.717, 1.165) is 10.6 Å². The maximum Gasteiger partial charge on any atom is 0.322 e. The zero-order valence-electron chi connectivity index (χ0n) is 19.2. The maximum absolute atomic E-state index is 13.3. The molecule has 2 heterocycles. The maximum atomic E-state index is 13.3. The molecule has 2 aromatic heterocycles. The number of anilines is 1. The van der Waals surface area contributed by atoms with Gasteiger partial charge in [-0.1, -0.05) is 0 Å². The van der Waals surface area contributed by atoms with Crippen molar-refractivity contribution in [2.75, 3.05) is 38.4 Å². The third kappa shape index (κ3) is 7.16. The number of amides is 3. The van der Waals surface area contributed by atoms with Crippen LogP contribution in [0.25, 0.3) is 0 Å². The number of aryl methyl sites for hydroxylation is 1. The number of rotatable bonds is 11. The molecule has 0 unspecified atom stereocenters. The van der Waals surface area contributed by atoms with Crippen molar-refractivity contribution in [3.63, 3.8) is 0 Å². The Bertz CT molecular complexity index is 1020. The number of aromatic nitrogens is 1. The van der Waals surface area contributed by atoms with Crippen LogP contribution in [0.3, 0.4) is 0 Å². The highest BCUT2D eigenvalue weighted by Gasteiger charge is 2.23. The lowest BCUT2D eigenvalue weighted by atomic mass is 10.3. The van der Waals surface area contributed by atoms with E-state index in [2.05, 4.69) is 5.32 Å². The molecule has 3 amide bonds. The highest BCUT2D eigenvalue weighted by atomic mass is 32.2. The van der Waals surface area contributed by atoms with Crippen LogP contribution in [0, 0.1) is 0 Å². The van der Waals surface area contributed by atoms with Gasteiger partial charge in [-0.05, 0) is 54.8 Å². The van der Waals surface area contributed by atoms with Crippen LogP contribution in [0.4, 0.5) is 10.5 Å². The van der Waals surface area contributed by atoms with Gasteiger partial charge in [-0.2, -0.15) is 0 Å². The molecule has 0 radical (unpaired) electrons. The molecule has 3 rings (SSSR count). The zero-order chi connectivity index (χ0) is 23.6. The predicted octanol–water partition coefficient (Wildman–Crippen LogP) is 4.05. The molecule has 176 valence electrons. The van der Waals surface area contributed by atoms with E-state index in [1.807, 2.05) is 66.5 Å². The van der Waals surface area contributed by atoms with E-state index in [4.69, 9.17) is 9.15 Å². The largest absolute Gasteiger partial charge is 0.467 e. The molecule has 9 heteroatoms. The van der Waals surface area contributed by atoms with E-state index in [1.54, 1.807) is 36.1 Å². The molecule has 1 aromatic carbocycles. The van der Waals surface area contributed by atoms with Gasteiger partial charge in [0.15, 0.2) is 0 Å². The van der Waals surface area contributed by atoms with Crippen molar-refractivity contribution in [1.82, 2.24) is 14.4 Å². The first-order valence-electron chi connectivity index (χ1n) is 10.6. The van der Waals surface area contributed by atoms with Gasteiger partial charge in [-0.15, -0.1) is 11.8 Å². The lowest BCUT2D eigenvalue weighted by Gasteiger charge is -2.27. The van der Waals surface area contributed by atoms with Gasteiger partial charge >= 0.3 is 6.03 Å². The Morgan fingerprint density at radius 2 is 1.88 bits per heavy atom. The van der Waals surface area contributed by atoms with Gasteiger partial charge < -0.3 is 28.8 Å². The molecular formula is C24H30N4O4S. The highest BCUT2D eigenvalue weighted by molar-refractivity contribution is 7.98. The fraction of sp³-hybridized carbons (Fsp3) is 0.333. The minimum Gasteiger partial charge on any atom is -0.467 e. The standard InChI is InChI=1S/C24H30N4O4S/c1-26-12-4-6-20(26)16-28(17-21-7-5-14-32-21)23(29)18-27(13-15-31-2)24(30)25-19-8-10-22(33-3)11-9-19/h4-12,14H,13,15-18H2,1-3H3,(H,25,30). The Balaban J connectivity index is 1.72. The second-order valence-corrected chi connectivity index (χ2v) is 8.39. The molecule has 33 heavy (non-hydrogen) atoms. The Labute approximate surface area is 198 Å². The number of thioether (sulfide) groups is 1. The number of urea groups is 1. The first-order valence-corrected chi connectivity index (χ1v) is 11.8. The summed E-state index contributed by atoms with van der Waals surface area (Å²) in [5.41, 5.74) is 1.65. The van der Waals surface area contributed by atoms with Gasteiger partial charge in [-0.25, -0.2) is 4.79 Å². The number of nitrogens with one attached hydrogen (secondary N) is 1. The van der Waals surface area contributed by atoms with Crippen molar-refractivity contribution < 1.29 is 18.7 Å². The average Bonchev–Trinajstić information content (AvgIpc) is 3.48. The van der Waals surface area contributed by atoms with Crippen molar-refractivity contribution in [2.45, 2.75) is 18.0 Å². The lowest BCUT2D eigenvalue weighted by molar-refractivity contribution is -0.133. The van der Waals surface area contributed by atoms with Crippen molar-refractivity contribution >= 4 is 29.4 Å². The van der Waals surface area contributed by atoms with Gasteiger partial charge in [0.05, 0.1) is 26.0 Å². The van der Waals surface area contributed by atoms with Crippen LogP contribution in [-0.4, -0.2) is 59.4 Å². The summed E-state index contributed by atoms with van der Waals surface area (Å²) >= 11 is 1.63. The Morgan fingerprint density at radius 3 is 2.48 bits per heavy atom. The summed E-state index contributed by atoms with van der Waals surface area (Å²) in [4.78, 5) is 30.6. The van der Waals surface area contributed by atoms with E-state index in [0.29, 0.717) is 31.1 Å². The summed E-state index contributed by atoms with van der Waals surface area (Å²) in [5, 5.41) is 2.88. The monoisotopic (exact) mass is 470 g/mol. The van der Waals surface area contributed by atoms with Crippen molar-refractivity contribution in [1.29, 1.82) is 0 Å². The SMILES string of the molecule is COCCN(CC(=O)N(Cc1ccco1)Cc1cccn1C)C(=O)Nc1ccc(SC)cc1. The molecule has 0 saturated heterocycles. The van der Waals surface area contributed by atoms with Gasteiger partial charge in [0.2, 0.25) is 5.91 Å². The van der Waals surface area contributed by atoms with Gasteiger partial charge in [0, 0.05) is 43.2 Å². The second kappa shape index (κ2) is 12.2. The molecule has 1 N–H and O–H groups in total. The topological polar surface area (TPSA) is 80.0 Å². The van der Waals surface area contributed by atoms with Gasteiger partial charge in [-0.3, -0.25) is 4.79 Å². The normalized spacial score (nSPS) is 10.8. The van der Waals surface area contributed by atoms with Crippen molar-refractivity contribution in [3.8, 4) is 0 Å². The molecule has 0 spiro atoms.